The van der Waals surface area contributed by atoms with Gasteiger partial charge in [-0.2, -0.15) is 0 Å². The Morgan fingerprint density at radius 1 is 1.22 bits per heavy atom. The van der Waals surface area contributed by atoms with Gasteiger partial charge in [0.05, 0.1) is 35.4 Å². The van der Waals surface area contributed by atoms with Gasteiger partial charge >= 0.3 is 0 Å². The minimum Gasteiger partial charge on any atom is -0.338 e. The summed E-state index contributed by atoms with van der Waals surface area (Å²) in [5, 5.41) is 4.17. The molecule has 23 heavy (non-hydrogen) atoms. The van der Waals surface area contributed by atoms with E-state index in [1.54, 1.807) is 16.2 Å². The Kier molecular flexibility index (Phi) is 5.54. The Morgan fingerprint density at radius 2 is 1.91 bits per heavy atom. The van der Waals surface area contributed by atoms with Crippen LogP contribution in [0.2, 0.25) is 4.34 Å². The number of hydrogen-bond donors (Lipinski definition) is 2. The maximum absolute atomic E-state index is 6.01. The number of rotatable bonds is 3. The van der Waals surface area contributed by atoms with Gasteiger partial charge < -0.3 is 15.1 Å². The van der Waals surface area contributed by atoms with Gasteiger partial charge in [-0.1, -0.05) is 29.3 Å². The lowest BCUT2D eigenvalue weighted by molar-refractivity contribution is -0.917. The number of halogens is 1. The van der Waals surface area contributed by atoms with Crippen LogP contribution in [0.1, 0.15) is 10.4 Å². The van der Waals surface area contributed by atoms with E-state index in [-0.39, 0.29) is 0 Å². The second kappa shape index (κ2) is 7.62. The molecule has 1 aromatic heterocycles. The Labute approximate surface area is 151 Å². The first kappa shape index (κ1) is 16.7. The monoisotopic (exact) mass is 366 g/mol. The minimum absolute atomic E-state index is 0.826. The van der Waals surface area contributed by atoms with Crippen molar-refractivity contribution < 1.29 is 4.90 Å². The van der Waals surface area contributed by atoms with Crippen LogP contribution in [0.3, 0.4) is 0 Å². The summed E-state index contributed by atoms with van der Waals surface area (Å²) in [5.74, 6) is 0. The smallest absolute Gasteiger partial charge is 0.173 e. The highest BCUT2D eigenvalue weighted by Crippen LogP contribution is 2.20. The Balaban J connectivity index is 1.48. The molecule has 0 bridgehead atoms. The fourth-order valence-electron chi connectivity index (χ4n) is 2.74. The zero-order valence-electron chi connectivity index (χ0n) is 13.1. The Bertz CT molecular complexity index is 661. The van der Waals surface area contributed by atoms with Gasteiger partial charge in [-0.15, -0.1) is 11.3 Å². The van der Waals surface area contributed by atoms with Gasteiger partial charge in [0.25, 0.3) is 0 Å². The SMILES string of the molecule is Cc1ccc(NC(=S)N2CC[NH+](Cc3ccc(Cl)s3)CC2)cc1. The van der Waals surface area contributed by atoms with Crippen molar-refractivity contribution >= 4 is 46.0 Å². The quantitative estimate of drug-likeness (QED) is 0.815. The third-order valence-corrected chi connectivity index (χ3v) is 5.71. The molecule has 3 nitrogen and oxygen atoms in total. The van der Waals surface area contributed by atoms with Crippen molar-refractivity contribution in [2.45, 2.75) is 13.5 Å². The maximum Gasteiger partial charge on any atom is 0.173 e. The number of nitrogens with one attached hydrogen (secondary N) is 2. The van der Waals surface area contributed by atoms with Crippen molar-refractivity contribution in [1.82, 2.24) is 4.90 Å². The first-order chi connectivity index (χ1) is 11.1. The van der Waals surface area contributed by atoms with Gasteiger partial charge in [-0.3, -0.25) is 0 Å². The van der Waals surface area contributed by atoms with Crippen molar-refractivity contribution in [2.24, 2.45) is 0 Å². The van der Waals surface area contributed by atoms with Crippen LogP contribution in [0, 0.1) is 6.92 Å². The maximum atomic E-state index is 6.01. The summed E-state index contributed by atoms with van der Waals surface area (Å²) in [7, 11) is 0. The van der Waals surface area contributed by atoms with Crippen molar-refractivity contribution in [3.63, 3.8) is 0 Å². The van der Waals surface area contributed by atoms with Crippen LogP contribution in [-0.2, 0) is 6.54 Å². The summed E-state index contributed by atoms with van der Waals surface area (Å²) in [6.45, 7) is 7.34. The van der Waals surface area contributed by atoms with E-state index in [4.69, 9.17) is 23.8 Å². The molecule has 0 spiro atoms. The predicted octanol–water partition coefficient (Wildman–Crippen LogP) is 2.81. The third kappa shape index (κ3) is 4.67. The zero-order valence-corrected chi connectivity index (χ0v) is 15.5. The molecule has 1 aliphatic heterocycles. The van der Waals surface area contributed by atoms with Gasteiger partial charge in [-0.25, -0.2) is 0 Å². The highest BCUT2D eigenvalue weighted by atomic mass is 35.5. The molecular formula is C17H21ClN3S2+. The largest absolute Gasteiger partial charge is 0.338 e. The predicted molar refractivity (Wildman–Crippen MR) is 103 cm³/mol. The van der Waals surface area contributed by atoms with Gasteiger partial charge in [0.2, 0.25) is 0 Å². The van der Waals surface area contributed by atoms with Crippen LogP contribution < -0.4 is 10.2 Å². The number of piperazine rings is 1. The number of nitrogens with zero attached hydrogens (tertiary/aromatic N) is 1. The van der Waals surface area contributed by atoms with Gasteiger partial charge in [0.15, 0.2) is 5.11 Å². The topological polar surface area (TPSA) is 19.7 Å². The van der Waals surface area contributed by atoms with E-state index < -0.39 is 0 Å². The highest BCUT2D eigenvalue weighted by molar-refractivity contribution is 7.80. The van der Waals surface area contributed by atoms with Gasteiger partial charge in [0.1, 0.15) is 6.54 Å². The number of benzene rings is 1. The van der Waals surface area contributed by atoms with Crippen molar-refractivity contribution in [3.8, 4) is 0 Å². The number of thiophene rings is 1. The lowest BCUT2D eigenvalue weighted by atomic mass is 10.2. The summed E-state index contributed by atoms with van der Waals surface area (Å²) in [4.78, 5) is 5.22. The summed E-state index contributed by atoms with van der Waals surface area (Å²) in [5.41, 5.74) is 2.32. The normalized spacial score (nSPS) is 15.7. The molecule has 1 aliphatic rings. The summed E-state index contributed by atoms with van der Waals surface area (Å²) >= 11 is 13.2. The van der Waals surface area contributed by atoms with Crippen LogP contribution in [0.5, 0.6) is 0 Å². The summed E-state index contributed by atoms with van der Waals surface area (Å²) in [6.07, 6.45) is 0. The van der Waals surface area contributed by atoms with Crippen molar-refractivity contribution in [1.29, 1.82) is 0 Å². The Hall–Kier alpha value is -1.14. The second-order valence-corrected chi connectivity index (χ2v) is 8.10. The van der Waals surface area contributed by atoms with Crippen LogP contribution in [0.25, 0.3) is 0 Å². The van der Waals surface area contributed by atoms with Crippen LogP contribution >= 0.6 is 35.2 Å². The van der Waals surface area contributed by atoms with Crippen molar-refractivity contribution in [2.75, 3.05) is 31.5 Å². The minimum atomic E-state index is 0.826. The van der Waals surface area contributed by atoms with E-state index in [0.717, 1.165) is 47.9 Å². The third-order valence-electron chi connectivity index (χ3n) is 4.11. The number of aryl methyl sites for hydroxylation is 1. The van der Waals surface area contributed by atoms with E-state index >= 15 is 0 Å². The molecule has 1 saturated heterocycles. The molecule has 2 heterocycles. The molecule has 0 atom stereocenters. The molecule has 0 aliphatic carbocycles. The molecule has 1 aromatic carbocycles. The molecule has 2 aromatic rings. The van der Waals surface area contributed by atoms with Gasteiger partial charge in [0, 0.05) is 5.69 Å². The zero-order chi connectivity index (χ0) is 16.2. The molecule has 6 heteroatoms. The highest BCUT2D eigenvalue weighted by Gasteiger charge is 2.22. The second-order valence-electron chi connectivity index (χ2n) is 5.92. The lowest BCUT2D eigenvalue weighted by Crippen LogP contribution is -3.13. The first-order valence-corrected chi connectivity index (χ1v) is 9.41. The van der Waals surface area contributed by atoms with E-state index in [9.17, 15) is 0 Å². The van der Waals surface area contributed by atoms with Crippen LogP contribution in [-0.4, -0.2) is 36.2 Å². The Morgan fingerprint density at radius 3 is 2.52 bits per heavy atom. The fraction of sp³-hybridized carbons (Fsp3) is 0.353. The molecule has 0 radical (unpaired) electrons. The fourth-order valence-corrected chi connectivity index (χ4v) is 4.20. The molecule has 0 amide bonds. The average molecular weight is 367 g/mol. The van der Waals surface area contributed by atoms with Crippen molar-refractivity contribution in [3.05, 3.63) is 51.2 Å². The summed E-state index contributed by atoms with van der Waals surface area (Å²) in [6, 6.07) is 12.5. The van der Waals surface area contributed by atoms with E-state index in [1.165, 1.54) is 10.4 Å². The molecule has 0 unspecified atom stereocenters. The van der Waals surface area contributed by atoms with E-state index in [1.807, 2.05) is 6.07 Å². The molecule has 3 rings (SSSR count). The van der Waals surface area contributed by atoms with Crippen LogP contribution in [0.4, 0.5) is 5.69 Å². The molecule has 2 N–H and O–H groups in total. The van der Waals surface area contributed by atoms with E-state index in [2.05, 4.69) is 47.5 Å². The number of hydrogen-bond acceptors (Lipinski definition) is 2. The summed E-state index contributed by atoms with van der Waals surface area (Å²) < 4.78 is 0.876. The molecule has 0 saturated carbocycles. The molecular weight excluding hydrogens is 346 g/mol. The number of quaternary nitrogens is 1. The van der Waals surface area contributed by atoms with Crippen LogP contribution in [0.15, 0.2) is 36.4 Å². The number of thiocarbonyl (C=S) groups is 1. The van der Waals surface area contributed by atoms with E-state index in [0.29, 0.717) is 0 Å². The number of anilines is 1. The lowest BCUT2D eigenvalue weighted by Gasteiger charge is -2.33. The molecule has 122 valence electrons. The first-order valence-electron chi connectivity index (χ1n) is 7.80. The van der Waals surface area contributed by atoms with Gasteiger partial charge in [-0.05, 0) is 43.4 Å². The standard InChI is InChI=1S/C17H20ClN3S2/c1-13-2-4-14(5-3-13)19-17(22)21-10-8-20(9-11-21)12-15-6-7-16(18)23-15/h2-7H,8-12H2,1H3,(H,19,22)/p+1. The average Bonchev–Trinajstić information content (AvgIpc) is 2.95. The molecule has 1 fully saturated rings.